The van der Waals surface area contributed by atoms with Gasteiger partial charge < -0.3 is 16.4 Å². The molecule has 1 aliphatic carbocycles. The maximum absolute atomic E-state index is 11.4. The van der Waals surface area contributed by atoms with E-state index in [9.17, 15) is 4.79 Å². The Balaban J connectivity index is 1.88. The third-order valence-electron chi connectivity index (χ3n) is 4.34. The molecule has 1 saturated carbocycles. The van der Waals surface area contributed by atoms with Crippen molar-refractivity contribution >= 4 is 5.91 Å². The van der Waals surface area contributed by atoms with Gasteiger partial charge in [0, 0.05) is 13.1 Å². The van der Waals surface area contributed by atoms with Crippen molar-refractivity contribution in [3.63, 3.8) is 0 Å². The Kier molecular flexibility index (Phi) is 2.97. The molecule has 0 aromatic carbocycles. The summed E-state index contributed by atoms with van der Waals surface area (Å²) < 4.78 is 0. The predicted molar refractivity (Wildman–Crippen MR) is 63.7 cm³/mol. The number of hydrogen-bond acceptors (Lipinski definition) is 3. The molecule has 2 aliphatic rings. The Bertz CT molecular complexity index is 288. The van der Waals surface area contributed by atoms with Gasteiger partial charge in [0.25, 0.3) is 0 Å². The predicted octanol–water partition coefficient (Wildman–Crippen LogP) is 0.313. The first-order chi connectivity index (χ1) is 7.50. The molecule has 92 valence electrons. The smallest absolute Gasteiger partial charge is 0.224 e. The molecule has 0 aromatic heterocycles. The quantitative estimate of drug-likeness (QED) is 0.707. The Labute approximate surface area is 97.3 Å². The van der Waals surface area contributed by atoms with Gasteiger partial charge in [-0.2, -0.15) is 0 Å². The van der Waals surface area contributed by atoms with Gasteiger partial charge in [0.2, 0.25) is 5.91 Å². The first-order valence-corrected chi connectivity index (χ1v) is 6.22. The Morgan fingerprint density at radius 2 is 2.06 bits per heavy atom. The van der Waals surface area contributed by atoms with Crippen LogP contribution < -0.4 is 11.5 Å². The molecule has 2 rings (SSSR count). The van der Waals surface area contributed by atoms with Gasteiger partial charge in [0.15, 0.2) is 0 Å². The number of nitrogens with two attached hydrogens (primary N) is 2. The number of likely N-dealkylation sites (tertiary alicyclic amines) is 1. The van der Waals surface area contributed by atoms with Gasteiger partial charge in [-0.05, 0) is 51.1 Å². The monoisotopic (exact) mass is 225 g/mol. The van der Waals surface area contributed by atoms with E-state index in [0.717, 1.165) is 39.0 Å². The van der Waals surface area contributed by atoms with Crippen LogP contribution in [0, 0.1) is 10.8 Å². The van der Waals surface area contributed by atoms with Gasteiger partial charge in [-0.15, -0.1) is 0 Å². The van der Waals surface area contributed by atoms with Crippen molar-refractivity contribution < 1.29 is 4.79 Å². The average molecular weight is 225 g/mol. The van der Waals surface area contributed by atoms with Crippen LogP contribution in [0.5, 0.6) is 0 Å². The van der Waals surface area contributed by atoms with Gasteiger partial charge in [0.05, 0.1) is 5.41 Å². The molecule has 1 heterocycles. The van der Waals surface area contributed by atoms with Crippen molar-refractivity contribution in [1.29, 1.82) is 0 Å². The van der Waals surface area contributed by atoms with E-state index in [1.165, 1.54) is 12.8 Å². The first-order valence-electron chi connectivity index (χ1n) is 6.22. The topological polar surface area (TPSA) is 72.4 Å². The summed E-state index contributed by atoms with van der Waals surface area (Å²) in [5, 5.41) is 0. The number of carbonyl (C=O) groups is 1. The summed E-state index contributed by atoms with van der Waals surface area (Å²) in [6, 6.07) is 0. The lowest BCUT2D eigenvalue weighted by Crippen LogP contribution is -2.38. The highest BCUT2D eigenvalue weighted by Gasteiger charge is 2.46. The zero-order chi connectivity index (χ0) is 11.8. The molecule has 4 N–H and O–H groups in total. The summed E-state index contributed by atoms with van der Waals surface area (Å²) in [4.78, 5) is 13.7. The summed E-state index contributed by atoms with van der Waals surface area (Å²) in [5.41, 5.74) is 11.2. The Hall–Kier alpha value is -0.610. The third kappa shape index (κ3) is 2.23. The van der Waals surface area contributed by atoms with Gasteiger partial charge >= 0.3 is 0 Å². The van der Waals surface area contributed by atoms with Gasteiger partial charge in [-0.3, -0.25) is 4.79 Å². The highest BCUT2D eigenvalue weighted by molar-refractivity contribution is 5.81. The lowest BCUT2D eigenvalue weighted by atomic mass is 9.89. The number of nitrogens with zero attached hydrogens (tertiary/aromatic N) is 1. The number of primary amides is 1. The zero-order valence-electron chi connectivity index (χ0n) is 10.2. The molecular weight excluding hydrogens is 202 g/mol. The lowest BCUT2D eigenvalue weighted by molar-refractivity contribution is -0.126. The van der Waals surface area contributed by atoms with E-state index in [1.807, 2.05) is 6.92 Å². The first kappa shape index (κ1) is 11.9. The normalized spacial score (nSPS) is 32.9. The van der Waals surface area contributed by atoms with E-state index >= 15 is 0 Å². The van der Waals surface area contributed by atoms with E-state index in [4.69, 9.17) is 11.5 Å². The minimum absolute atomic E-state index is 0.154. The van der Waals surface area contributed by atoms with E-state index in [0.29, 0.717) is 5.41 Å². The van der Waals surface area contributed by atoms with E-state index in [1.54, 1.807) is 0 Å². The van der Waals surface area contributed by atoms with Crippen molar-refractivity contribution in [3.05, 3.63) is 0 Å². The van der Waals surface area contributed by atoms with Crippen LogP contribution in [0.3, 0.4) is 0 Å². The molecule has 16 heavy (non-hydrogen) atoms. The van der Waals surface area contributed by atoms with Crippen LogP contribution in [0.4, 0.5) is 0 Å². The number of hydrogen-bond donors (Lipinski definition) is 2. The molecule has 1 aliphatic heterocycles. The molecule has 1 saturated heterocycles. The van der Waals surface area contributed by atoms with E-state index < -0.39 is 0 Å². The molecule has 1 atom stereocenters. The molecule has 0 bridgehead atoms. The van der Waals surface area contributed by atoms with Crippen LogP contribution in [0.1, 0.15) is 32.6 Å². The maximum Gasteiger partial charge on any atom is 0.224 e. The number of carbonyl (C=O) groups excluding carboxylic acids is 1. The lowest BCUT2D eigenvalue weighted by Gasteiger charge is -2.25. The molecule has 0 aromatic rings. The highest BCUT2D eigenvalue weighted by atomic mass is 16.1. The summed E-state index contributed by atoms with van der Waals surface area (Å²) in [5.74, 6) is -0.154. The average Bonchev–Trinajstić information content (AvgIpc) is 2.84. The summed E-state index contributed by atoms with van der Waals surface area (Å²) in [6.07, 6.45) is 4.62. The minimum Gasteiger partial charge on any atom is -0.369 e. The second-order valence-electron chi connectivity index (χ2n) is 5.92. The highest BCUT2D eigenvalue weighted by Crippen LogP contribution is 2.50. The third-order valence-corrected chi connectivity index (χ3v) is 4.34. The zero-order valence-corrected chi connectivity index (χ0v) is 10.2. The summed E-state index contributed by atoms with van der Waals surface area (Å²) in [7, 11) is 0. The summed E-state index contributed by atoms with van der Waals surface area (Å²) >= 11 is 0. The minimum atomic E-state index is -0.307. The molecule has 4 nitrogen and oxygen atoms in total. The SMILES string of the molecule is CC1(C(N)=O)CCN(CC2(CCN)CC2)C1. The Morgan fingerprint density at radius 3 is 2.50 bits per heavy atom. The van der Waals surface area contributed by atoms with Crippen molar-refractivity contribution in [2.75, 3.05) is 26.2 Å². The molecule has 0 spiro atoms. The maximum atomic E-state index is 11.4. The number of amides is 1. The van der Waals surface area contributed by atoms with Crippen LogP contribution in [-0.4, -0.2) is 37.0 Å². The number of rotatable bonds is 5. The van der Waals surface area contributed by atoms with Crippen LogP contribution in [0.25, 0.3) is 0 Å². The fourth-order valence-electron chi connectivity index (χ4n) is 2.84. The summed E-state index contributed by atoms with van der Waals surface area (Å²) in [6.45, 7) is 5.70. The van der Waals surface area contributed by atoms with Gasteiger partial charge in [-0.1, -0.05) is 0 Å². The second kappa shape index (κ2) is 4.00. The van der Waals surface area contributed by atoms with Crippen molar-refractivity contribution in [3.8, 4) is 0 Å². The fourth-order valence-corrected chi connectivity index (χ4v) is 2.84. The van der Waals surface area contributed by atoms with Crippen LogP contribution in [-0.2, 0) is 4.79 Å². The van der Waals surface area contributed by atoms with Crippen molar-refractivity contribution in [1.82, 2.24) is 4.90 Å². The van der Waals surface area contributed by atoms with Gasteiger partial charge in [-0.25, -0.2) is 0 Å². The molecule has 0 radical (unpaired) electrons. The Morgan fingerprint density at radius 1 is 1.38 bits per heavy atom. The molecular formula is C12H23N3O. The van der Waals surface area contributed by atoms with Crippen LogP contribution in [0.2, 0.25) is 0 Å². The van der Waals surface area contributed by atoms with Crippen LogP contribution >= 0.6 is 0 Å². The second-order valence-corrected chi connectivity index (χ2v) is 5.92. The van der Waals surface area contributed by atoms with E-state index in [2.05, 4.69) is 4.90 Å². The van der Waals surface area contributed by atoms with E-state index in [-0.39, 0.29) is 11.3 Å². The van der Waals surface area contributed by atoms with Gasteiger partial charge in [0.1, 0.15) is 0 Å². The molecule has 2 fully saturated rings. The molecule has 1 unspecified atom stereocenters. The van der Waals surface area contributed by atoms with Crippen LogP contribution in [0.15, 0.2) is 0 Å². The van der Waals surface area contributed by atoms with Crippen molar-refractivity contribution in [2.45, 2.75) is 32.6 Å². The largest absolute Gasteiger partial charge is 0.369 e. The molecule has 4 heteroatoms. The van der Waals surface area contributed by atoms with Crippen molar-refractivity contribution in [2.24, 2.45) is 22.3 Å². The standard InChI is InChI=1S/C12H23N3O/c1-11(10(14)16)5-7-15(8-11)9-12(2-3-12)4-6-13/h2-9,13H2,1H3,(H2,14,16). The molecule has 1 amide bonds. The fraction of sp³-hybridized carbons (Fsp3) is 0.917.